The summed E-state index contributed by atoms with van der Waals surface area (Å²) in [7, 11) is 0. The van der Waals surface area contributed by atoms with Gasteiger partial charge in [0.15, 0.2) is 11.4 Å². The van der Waals surface area contributed by atoms with Crippen LogP contribution in [0.15, 0.2) is 0 Å². The molecule has 1 aliphatic heterocycles. The molecule has 0 atom stereocenters. The molecule has 0 aromatic carbocycles. The highest BCUT2D eigenvalue weighted by molar-refractivity contribution is 6.01. The lowest BCUT2D eigenvalue weighted by Crippen LogP contribution is -2.37. The van der Waals surface area contributed by atoms with Gasteiger partial charge in [-0.15, -0.1) is 0 Å². The van der Waals surface area contributed by atoms with E-state index in [-0.39, 0.29) is 11.6 Å². The lowest BCUT2D eigenvalue weighted by atomic mass is 9.91. The first-order valence-electron chi connectivity index (χ1n) is 3.32. The van der Waals surface area contributed by atoms with Crippen molar-refractivity contribution in [2.75, 3.05) is 0 Å². The monoisotopic (exact) mass is 140 g/mol. The molecule has 2 fully saturated rings. The maximum absolute atomic E-state index is 11.0. The van der Waals surface area contributed by atoms with Gasteiger partial charge in [-0.05, 0) is 0 Å². The van der Waals surface area contributed by atoms with Gasteiger partial charge >= 0.3 is 0 Å². The number of ketones is 2. The van der Waals surface area contributed by atoms with Crippen LogP contribution in [0, 0.1) is 0 Å². The average Bonchev–Trinajstić information content (AvgIpc) is 2.62. The molecule has 2 rings (SSSR count). The second kappa shape index (κ2) is 1.65. The quantitative estimate of drug-likeness (QED) is 0.428. The Labute approximate surface area is 57.9 Å². The molecule has 0 unspecified atom stereocenters. The SMILES string of the molecule is O=C1CCC(=O)C2(C1)NN2. The zero-order valence-corrected chi connectivity index (χ0v) is 5.44. The van der Waals surface area contributed by atoms with Gasteiger partial charge < -0.3 is 0 Å². The first kappa shape index (κ1) is 6.00. The summed E-state index contributed by atoms with van der Waals surface area (Å²) in [4.78, 5) is 21.9. The number of hydrogen-bond donors (Lipinski definition) is 2. The number of Topliss-reactive ketones (excluding diaryl/α,β-unsaturated/α-hetero) is 2. The third-order valence-corrected chi connectivity index (χ3v) is 2.00. The standard InChI is InChI=1S/C6H8N2O2/c9-4-1-2-5(10)6(3-4)7-8-6/h7-8H,1-3H2. The van der Waals surface area contributed by atoms with E-state index < -0.39 is 5.66 Å². The molecule has 10 heavy (non-hydrogen) atoms. The van der Waals surface area contributed by atoms with Crippen molar-refractivity contribution >= 4 is 11.6 Å². The Morgan fingerprint density at radius 2 is 1.90 bits per heavy atom. The Morgan fingerprint density at radius 1 is 1.20 bits per heavy atom. The van der Waals surface area contributed by atoms with Crippen LogP contribution < -0.4 is 10.9 Å². The van der Waals surface area contributed by atoms with Crippen LogP contribution in [0.4, 0.5) is 0 Å². The van der Waals surface area contributed by atoms with E-state index in [9.17, 15) is 9.59 Å². The van der Waals surface area contributed by atoms with E-state index >= 15 is 0 Å². The maximum atomic E-state index is 11.0. The Balaban J connectivity index is 2.17. The molecule has 1 heterocycles. The normalized spacial score (nSPS) is 29.2. The topological polar surface area (TPSA) is 78.0 Å². The fraction of sp³-hybridized carbons (Fsp3) is 0.667. The minimum atomic E-state index is -0.630. The molecule has 4 nitrogen and oxygen atoms in total. The molecular weight excluding hydrogens is 132 g/mol. The van der Waals surface area contributed by atoms with Gasteiger partial charge in [0.1, 0.15) is 5.78 Å². The molecule has 0 radical (unpaired) electrons. The molecule has 1 aliphatic carbocycles. The first-order chi connectivity index (χ1) is 4.73. The van der Waals surface area contributed by atoms with Crippen molar-refractivity contribution in [3.8, 4) is 0 Å². The average molecular weight is 140 g/mol. The molecule has 0 aromatic rings. The van der Waals surface area contributed by atoms with Crippen molar-refractivity contribution in [3.05, 3.63) is 0 Å². The van der Waals surface area contributed by atoms with Gasteiger partial charge in [0.2, 0.25) is 0 Å². The molecule has 4 heteroatoms. The van der Waals surface area contributed by atoms with E-state index in [4.69, 9.17) is 0 Å². The molecule has 2 aliphatic rings. The number of hydrogen-bond acceptors (Lipinski definition) is 4. The van der Waals surface area contributed by atoms with Crippen LogP contribution in [0.3, 0.4) is 0 Å². The van der Waals surface area contributed by atoms with E-state index in [1.54, 1.807) is 0 Å². The second-order valence-corrected chi connectivity index (χ2v) is 2.79. The zero-order chi connectivity index (χ0) is 7.19. The highest BCUT2D eigenvalue weighted by Gasteiger charge is 2.52. The van der Waals surface area contributed by atoms with Gasteiger partial charge in [0.25, 0.3) is 0 Å². The first-order valence-corrected chi connectivity index (χ1v) is 3.32. The van der Waals surface area contributed by atoms with Crippen molar-refractivity contribution in [3.63, 3.8) is 0 Å². The van der Waals surface area contributed by atoms with Crippen LogP contribution in [0.2, 0.25) is 0 Å². The summed E-state index contributed by atoms with van der Waals surface area (Å²) >= 11 is 0. The largest absolute Gasteiger partial charge is 0.300 e. The van der Waals surface area contributed by atoms with Crippen LogP contribution in [-0.4, -0.2) is 17.2 Å². The summed E-state index contributed by atoms with van der Waals surface area (Å²) < 4.78 is 0. The van der Waals surface area contributed by atoms with Gasteiger partial charge in [0.05, 0.1) is 0 Å². The van der Waals surface area contributed by atoms with Crippen molar-refractivity contribution in [2.24, 2.45) is 0 Å². The van der Waals surface area contributed by atoms with Crippen LogP contribution in [-0.2, 0) is 9.59 Å². The Hall–Kier alpha value is -0.740. The fourth-order valence-electron chi connectivity index (χ4n) is 1.25. The van der Waals surface area contributed by atoms with Crippen LogP contribution >= 0.6 is 0 Å². The van der Waals surface area contributed by atoms with Crippen LogP contribution in [0.1, 0.15) is 19.3 Å². The Bertz CT molecular complexity index is 208. The van der Waals surface area contributed by atoms with E-state index in [0.29, 0.717) is 19.3 Å². The third kappa shape index (κ3) is 0.693. The second-order valence-electron chi connectivity index (χ2n) is 2.79. The van der Waals surface area contributed by atoms with E-state index in [0.717, 1.165) is 0 Å². The number of carbonyl (C=O) groups excluding carboxylic acids is 2. The minimum Gasteiger partial charge on any atom is -0.300 e. The molecule has 0 amide bonds. The highest BCUT2D eigenvalue weighted by Crippen LogP contribution is 2.25. The number of carbonyl (C=O) groups is 2. The summed E-state index contributed by atoms with van der Waals surface area (Å²) in [5, 5.41) is 0. The predicted molar refractivity (Wildman–Crippen MR) is 32.9 cm³/mol. The number of nitrogens with one attached hydrogen (secondary N) is 2. The summed E-state index contributed by atoms with van der Waals surface area (Å²) in [5.41, 5.74) is 4.79. The zero-order valence-electron chi connectivity index (χ0n) is 5.44. The summed E-state index contributed by atoms with van der Waals surface area (Å²) in [6, 6.07) is 0. The van der Waals surface area contributed by atoms with E-state index in [1.807, 2.05) is 0 Å². The number of hydrazine groups is 1. The molecule has 1 saturated carbocycles. The van der Waals surface area contributed by atoms with Crippen molar-refractivity contribution in [2.45, 2.75) is 24.9 Å². The van der Waals surface area contributed by atoms with Crippen LogP contribution in [0.5, 0.6) is 0 Å². The molecule has 0 bridgehead atoms. The Morgan fingerprint density at radius 3 is 2.40 bits per heavy atom. The third-order valence-electron chi connectivity index (χ3n) is 2.00. The van der Waals surface area contributed by atoms with Gasteiger partial charge in [-0.3, -0.25) is 9.59 Å². The van der Waals surface area contributed by atoms with Gasteiger partial charge in [-0.1, -0.05) is 0 Å². The molecule has 0 aromatic heterocycles. The molecule has 2 N–H and O–H groups in total. The van der Waals surface area contributed by atoms with E-state index in [2.05, 4.69) is 10.9 Å². The van der Waals surface area contributed by atoms with Crippen molar-refractivity contribution < 1.29 is 9.59 Å². The molecule has 54 valence electrons. The summed E-state index contributed by atoms with van der Waals surface area (Å²) in [5.74, 6) is 0.282. The molecule has 1 saturated heterocycles. The van der Waals surface area contributed by atoms with Crippen molar-refractivity contribution in [1.82, 2.24) is 10.9 Å². The molecule has 1 spiro atoms. The number of rotatable bonds is 0. The van der Waals surface area contributed by atoms with Crippen molar-refractivity contribution in [1.29, 1.82) is 0 Å². The Kier molecular flexibility index (Phi) is 0.988. The van der Waals surface area contributed by atoms with Gasteiger partial charge in [0, 0.05) is 19.3 Å². The highest BCUT2D eigenvalue weighted by atomic mass is 16.2. The molecular formula is C6H8N2O2. The fourth-order valence-corrected chi connectivity index (χ4v) is 1.25. The van der Waals surface area contributed by atoms with Gasteiger partial charge in [-0.25, -0.2) is 10.9 Å². The maximum Gasteiger partial charge on any atom is 0.170 e. The van der Waals surface area contributed by atoms with E-state index in [1.165, 1.54) is 0 Å². The van der Waals surface area contributed by atoms with Gasteiger partial charge in [-0.2, -0.15) is 0 Å². The van der Waals surface area contributed by atoms with Crippen LogP contribution in [0.25, 0.3) is 0 Å². The lowest BCUT2D eigenvalue weighted by molar-refractivity contribution is -0.131. The smallest absolute Gasteiger partial charge is 0.170 e. The minimum absolute atomic E-state index is 0.118. The lowest BCUT2D eigenvalue weighted by Gasteiger charge is -2.14. The summed E-state index contributed by atoms with van der Waals surface area (Å²) in [6.07, 6.45) is 1.13. The summed E-state index contributed by atoms with van der Waals surface area (Å²) in [6.45, 7) is 0. The predicted octanol–water partition coefficient (Wildman–Crippen LogP) is -0.887.